The third-order valence-electron chi connectivity index (χ3n) is 6.46. The number of aryl methyl sites for hydroxylation is 2. The number of allylic oxidation sites excluding steroid dienone is 6. The predicted octanol–water partition coefficient (Wildman–Crippen LogP) is 7.64. The summed E-state index contributed by atoms with van der Waals surface area (Å²) in [7, 11) is 5.13. The molecule has 0 bridgehead atoms. The highest BCUT2D eigenvalue weighted by molar-refractivity contribution is 7.13. The standard InChI is InChI=1S/C20H15F3N2OS.C12H17N.CH4O/c1-12-5-6-14(13(2)8-12)11-25-17(18-4-3-7-27-18)9-16(20(21,22)23)15(10-24)19(25)26;1-5-11-8-6-7-10(2)9-12(11)13(3)4;1-2/h3-9H,11H2,1-2H3;5-7,9H,1,8H2,2-4H3;2H,1H3. The van der Waals surface area contributed by atoms with Crippen molar-refractivity contribution in [3.8, 4) is 16.6 Å². The molecule has 1 aliphatic carbocycles. The van der Waals surface area contributed by atoms with Gasteiger partial charge in [-0.1, -0.05) is 54.6 Å². The number of halogens is 3. The third-order valence-corrected chi connectivity index (χ3v) is 7.35. The molecule has 0 unspecified atom stereocenters. The Kier molecular flexibility index (Phi) is 12.3. The molecule has 0 saturated carbocycles. The maximum atomic E-state index is 13.4. The summed E-state index contributed by atoms with van der Waals surface area (Å²) in [6.07, 6.45) is 4.66. The van der Waals surface area contributed by atoms with E-state index >= 15 is 0 Å². The van der Waals surface area contributed by atoms with E-state index in [-0.39, 0.29) is 12.2 Å². The monoisotopic (exact) mass is 595 g/mol. The van der Waals surface area contributed by atoms with Crippen molar-refractivity contribution in [3.05, 3.63) is 128 Å². The number of benzene rings is 1. The second-order valence-electron chi connectivity index (χ2n) is 9.73. The highest BCUT2D eigenvalue weighted by atomic mass is 32.1. The number of alkyl halides is 3. The van der Waals surface area contributed by atoms with Crippen LogP contribution in [0.1, 0.15) is 41.2 Å². The fraction of sp³-hybridized carbons (Fsp3) is 0.273. The van der Waals surface area contributed by atoms with Gasteiger partial charge in [0.25, 0.3) is 5.56 Å². The molecule has 0 radical (unpaired) electrons. The van der Waals surface area contributed by atoms with E-state index < -0.39 is 22.9 Å². The van der Waals surface area contributed by atoms with Crippen LogP contribution in [0.2, 0.25) is 0 Å². The molecule has 1 aliphatic rings. The minimum atomic E-state index is -4.78. The molecule has 2 heterocycles. The van der Waals surface area contributed by atoms with Gasteiger partial charge >= 0.3 is 6.18 Å². The smallest absolute Gasteiger partial charge is 0.400 e. The maximum absolute atomic E-state index is 13.4. The highest BCUT2D eigenvalue weighted by Crippen LogP contribution is 2.35. The number of pyridine rings is 1. The number of aromatic nitrogens is 1. The Morgan fingerprint density at radius 2 is 1.86 bits per heavy atom. The molecule has 9 heteroatoms. The van der Waals surface area contributed by atoms with Gasteiger partial charge in [-0.25, -0.2) is 0 Å². The molecule has 0 fully saturated rings. The van der Waals surface area contributed by atoms with E-state index in [4.69, 9.17) is 5.11 Å². The molecular formula is C33H36F3N3O2S. The second-order valence-corrected chi connectivity index (χ2v) is 10.7. The van der Waals surface area contributed by atoms with Gasteiger partial charge in [-0.2, -0.15) is 18.4 Å². The number of nitrogens with zero attached hydrogens (tertiary/aromatic N) is 3. The van der Waals surface area contributed by atoms with Crippen LogP contribution >= 0.6 is 11.3 Å². The maximum Gasteiger partial charge on any atom is 0.417 e. The van der Waals surface area contributed by atoms with Crippen molar-refractivity contribution in [1.29, 1.82) is 5.26 Å². The number of thiophene rings is 1. The lowest BCUT2D eigenvalue weighted by Gasteiger charge is -2.17. The Labute approximate surface area is 249 Å². The van der Waals surface area contributed by atoms with Crippen LogP contribution in [0.3, 0.4) is 0 Å². The van der Waals surface area contributed by atoms with Crippen LogP contribution < -0.4 is 5.56 Å². The molecule has 1 aromatic carbocycles. The first kappa shape index (κ1) is 34.1. The van der Waals surface area contributed by atoms with Gasteiger partial charge in [-0.15, -0.1) is 11.3 Å². The normalized spacial score (nSPS) is 12.6. The Balaban J connectivity index is 0.000000345. The summed E-state index contributed by atoms with van der Waals surface area (Å²) in [6.45, 7) is 9.86. The number of aliphatic hydroxyl groups excluding tert-OH is 1. The van der Waals surface area contributed by atoms with Crippen LogP contribution in [-0.2, 0) is 12.7 Å². The molecule has 4 rings (SSSR count). The molecule has 1 N–H and O–H groups in total. The van der Waals surface area contributed by atoms with Gasteiger partial charge in [0, 0.05) is 26.9 Å². The number of hydrogen-bond donors (Lipinski definition) is 1. The quantitative estimate of drug-likeness (QED) is 0.329. The van der Waals surface area contributed by atoms with E-state index in [0.29, 0.717) is 4.88 Å². The second kappa shape index (κ2) is 15.2. The predicted molar refractivity (Wildman–Crippen MR) is 165 cm³/mol. The molecule has 0 saturated heterocycles. The molecule has 3 aromatic rings. The van der Waals surface area contributed by atoms with E-state index in [9.17, 15) is 23.2 Å². The summed E-state index contributed by atoms with van der Waals surface area (Å²) >= 11 is 1.24. The number of aliphatic hydroxyl groups is 1. The number of hydrogen-bond acceptors (Lipinski definition) is 5. The van der Waals surface area contributed by atoms with Gasteiger partial charge in [0.2, 0.25) is 0 Å². The zero-order valence-electron chi connectivity index (χ0n) is 24.7. The summed E-state index contributed by atoms with van der Waals surface area (Å²) in [5.41, 5.74) is 3.77. The van der Waals surface area contributed by atoms with Crippen molar-refractivity contribution in [2.45, 2.75) is 39.9 Å². The molecule has 0 spiro atoms. The van der Waals surface area contributed by atoms with Crippen molar-refractivity contribution in [3.63, 3.8) is 0 Å². The van der Waals surface area contributed by atoms with Gasteiger partial charge in [-0.3, -0.25) is 4.79 Å². The molecule has 0 amide bonds. The molecular weight excluding hydrogens is 559 g/mol. The molecule has 0 aliphatic heterocycles. The zero-order chi connectivity index (χ0) is 31.6. The van der Waals surface area contributed by atoms with E-state index in [1.165, 1.54) is 38.8 Å². The zero-order valence-corrected chi connectivity index (χ0v) is 25.5. The Hall–Kier alpha value is -4.13. The molecule has 5 nitrogen and oxygen atoms in total. The number of nitriles is 1. The minimum absolute atomic E-state index is 0.0883. The van der Waals surface area contributed by atoms with Crippen LogP contribution in [0, 0.1) is 25.2 Å². The first-order valence-corrected chi connectivity index (χ1v) is 13.9. The lowest BCUT2D eigenvalue weighted by molar-refractivity contribution is -0.137. The Morgan fingerprint density at radius 1 is 1.17 bits per heavy atom. The van der Waals surface area contributed by atoms with E-state index in [1.807, 2.05) is 38.1 Å². The van der Waals surface area contributed by atoms with Crippen molar-refractivity contribution in [1.82, 2.24) is 9.47 Å². The van der Waals surface area contributed by atoms with Crippen LogP contribution in [0.25, 0.3) is 10.6 Å². The summed E-state index contributed by atoms with van der Waals surface area (Å²) in [6, 6.07) is 11.4. The summed E-state index contributed by atoms with van der Waals surface area (Å²) in [4.78, 5) is 15.5. The van der Waals surface area contributed by atoms with Gasteiger partial charge in [-0.05, 0) is 73.1 Å². The van der Waals surface area contributed by atoms with Crippen molar-refractivity contribution in [2.24, 2.45) is 0 Å². The first-order chi connectivity index (χ1) is 19.9. The SMILES string of the molecule is C=CC1=C(N(C)C)C=C(C)C=CC1.CO.Cc1ccc(Cn2c(-c3cccs3)cc(C(F)(F)F)c(C#N)c2=O)c(C)c1. The van der Waals surface area contributed by atoms with Crippen molar-refractivity contribution < 1.29 is 18.3 Å². The average Bonchev–Trinajstić information content (AvgIpc) is 3.40. The van der Waals surface area contributed by atoms with Crippen LogP contribution in [0.4, 0.5) is 13.2 Å². The van der Waals surface area contributed by atoms with Gasteiger partial charge in [0.05, 0.1) is 22.7 Å². The molecule has 0 atom stereocenters. The van der Waals surface area contributed by atoms with Crippen LogP contribution in [0.15, 0.2) is 94.3 Å². The van der Waals surface area contributed by atoms with E-state index in [2.05, 4.69) is 50.7 Å². The summed E-state index contributed by atoms with van der Waals surface area (Å²) in [5, 5.41) is 17.9. The summed E-state index contributed by atoms with van der Waals surface area (Å²) < 4.78 is 41.5. The molecule has 222 valence electrons. The lowest BCUT2D eigenvalue weighted by Crippen LogP contribution is -2.28. The fourth-order valence-electron chi connectivity index (χ4n) is 4.39. The van der Waals surface area contributed by atoms with Crippen molar-refractivity contribution >= 4 is 11.3 Å². The topological polar surface area (TPSA) is 69.3 Å². The van der Waals surface area contributed by atoms with Crippen molar-refractivity contribution in [2.75, 3.05) is 21.2 Å². The van der Waals surface area contributed by atoms with Gasteiger partial charge in [0.1, 0.15) is 11.6 Å². The number of likely N-dealkylation sites (N-methyl/N-ethyl adjacent to an activating group) is 1. The lowest BCUT2D eigenvalue weighted by atomic mass is 10.0. The van der Waals surface area contributed by atoms with Crippen LogP contribution in [-0.4, -0.2) is 35.8 Å². The van der Waals surface area contributed by atoms with E-state index in [1.54, 1.807) is 17.5 Å². The Bertz CT molecular complexity index is 1590. The Morgan fingerprint density at radius 3 is 2.38 bits per heavy atom. The third kappa shape index (κ3) is 8.44. The fourth-order valence-corrected chi connectivity index (χ4v) is 5.14. The van der Waals surface area contributed by atoms with Gasteiger partial charge in [0.15, 0.2) is 0 Å². The minimum Gasteiger partial charge on any atom is -0.400 e. The first-order valence-electron chi connectivity index (χ1n) is 13.0. The molecule has 2 aromatic heterocycles. The number of rotatable bonds is 5. The largest absolute Gasteiger partial charge is 0.417 e. The highest BCUT2D eigenvalue weighted by Gasteiger charge is 2.36. The average molecular weight is 596 g/mol. The van der Waals surface area contributed by atoms with Gasteiger partial charge < -0.3 is 14.6 Å². The molecule has 42 heavy (non-hydrogen) atoms. The van der Waals surface area contributed by atoms with E-state index in [0.717, 1.165) is 36.3 Å². The van der Waals surface area contributed by atoms with Crippen LogP contribution in [0.5, 0.6) is 0 Å². The summed E-state index contributed by atoms with van der Waals surface area (Å²) in [5.74, 6) is 0.